The SMILES string of the molecule is C=C1[C@@H](O)C[C@H](O)C(C)(C)C(=O)[C@H](O)C[C@@]23C[C@@](C)(O)[C@@H](CC[C@@H]12)[C@H]3O. The van der Waals surface area contributed by atoms with Gasteiger partial charge in [0.2, 0.25) is 0 Å². The van der Waals surface area contributed by atoms with E-state index in [1.807, 2.05) is 0 Å². The van der Waals surface area contributed by atoms with Crippen LogP contribution in [0.5, 0.6) is 0 Å². The van der Waals surface area contributed by atoms with Crippen LogP contribution in [0.25, 0.3) is 0 Å². The molecule has 0 unspecified atom stereocenters. The van der Waals surface area contributed by atoms with Crippen LogP contribution >= 0.6 is 0 Å². The van der Waals surface area contributed by atoms with E-state index in [9.17, 15) is 30.3 Å². The lowest BCUT2D eigenvalue weighted by Crippen LogP contribution is -2.53. The third-order valence-electron chi connectivity index (χ3n) is 7.58. The summed E-state index contributed by atoms with van der Waals surface area (Å²) in [6.45, 7) is 8.86. The number of hydrogen-bond acceptors (Lipinski definition) is 6. The fraction of sp³-hybridized carbons (Fsp3) is 0.850. The monoisotopic (exact) mass is 368 g/mol. The van der Waals surface area contributed by atoms with Crippen molar-refractivity contribution in [1.82, 2.24) is 0 Å². The summed E-state index contributed by atoms with van der Waals surface area (Å²) in [6.07, 6.45) is -2.96. The molecule has 3 aliphatic rings. The van der Waals surface area contributed by atoms with Crippen LogP contribution in [-0.4, -0.2) is 61.3 Å². The molecule has 3 saturated carbocycles. The first-order valence-corrected chi connectivity index (χ1v) is 9.52. The van der Waals surface area contributed by atoms with Gasteiger partial charge in [0.25, 0.3) is 0 Å². The quantitative estimate of drug-likeness (QED) is 0.398. The van der Waals surface area contributed by atoms with Crippen LogP contribution in [0.2, 0.25) is 0 Å². The van der Waals surface area contributed by atoms with Crippen molar-refractivity contribution in [2.75, 3.05) is 0 Å². The predicted octanol–water partition coefficient (Wildman–Crippen LogP) is 0.543. The maximum atomic E-state index is 12.8. The van der Waals surface area contributed by atoms with E-state index in [0.717, 1.165) is 0 Å². The first-order valence-electron chi connectivity index (χ1n) is 9.52. The molecule has 6 heteroatoms. The summed E-state index contributed by atoms with van der Waals surface area (Å²) < 4.78 is 0. The summed E-state index contributed by atoms with van der Waals surface area (Å²) in [5, 5.41) is 53.7. The molecule has 2 bridgehead atoms. The van der Waals surface area contributed by atoms with Crippen molar-refractivity contribution in [1.29, 1.82) is 0 Å². The van der Waals surface area contributed by atoms with Gasteiger partial charge < -0.3 is 25.5 Å². The zero-order chi connectivity index (χ0) is 19.7. The van der Waals surface area contributed by atoms with E-state index in [2.05, 4.69) is 6.58 Å². The van der Waals surface area contributed by atoms with Gasteiger partial charge in [-0.15, -0.1) is 0 Å². The summed E-state index contributed by atoms with van der Waals surface area (Å²) in [5.41, 5.74) is -2.72. The molecule has 26 heavy (non-hydrogen) atoms. The summed E-state index contributed by atoms with van der Waals surface area (Å²) in [4.78, 5) is 12.8. The summed E-state index contributed by atoms with van der Waals surface area (Å²) >= 11 is 0. The van der Waals surface area contributed by atoms with E-state index in [1.165, 1.54) is 0 Å². The molecule has 0 heterocycles. The Morgan fingerprint density at radius 1 is 1.04 bits per heavy atom. The second-order valence-corrected chi connectivity index (χ2v) is 9.60. The lowest BCUT2D eigenvalue weighted by Gasteiger charge is -2.48. The molecule has 0 amide bonds. The highest BCUT2D eigenvalue weighted by Gasteiger charge is 2.65. The standard InChI is InChI=1S/C20H32O6/c1-10-11-5-6-12-16(24)20(11,9-19(12,4)26)8-14(22)17(25)18(2,3)15(23)7-13(10)21/h11-16,21-24,26H,1,5-9H2,2-4H3/t11-,12-,13-,14+,15-,16+,19+,20+/m0/s1. The van der Waals surface area contributed by atoms with Gasteiger partial charge >= 0.3 is 0 Å². The molecule has 3 fully saturated rings. The van der Waals surface area contributed by atoms with Crippen molar-refractivity contribution >= 4 is 5.78 Å². The highest BCUT2D eigenvalue weighted by Crippen LogP contribution is 2.63. The average Bonchev–Trinajstić information content (AvgIpc) is 2.65. The second kappa shape index (κ2) is 6.11. The molecule has 5 N–H and O–H groups in total. The normalized spacial score (nSPS) is 51.8. The molecule has 0 aromatic heterocycles. The van der Waals surface area contributed by atoms with Gasteiger partial charge in [-0.05, 0) is 44.1 Å². The van der Waals surface area contributed by atoms with Crippen molar-refractivity contribution in [2.24, 2.45) is 22.7 Å². The van der Waals surface area contributed by atoms with E-state index in [0.29, 0.717) is 18.4 Å². The number of hydrogen-bond donors (Lipinski definition) is 5. The third-order valence-corrected chi connectivity index (χ3v) is 7.58. The van der Waals surface area contributed by atoms with Crippen LogP contribution in [0.3, 0.4) is 0 Å². The van der Waals surface area contributed by atoms with Crippen molar-refractivity contribution in [3.8, 4) is 0 Å². The van der Waals surface area contributed by atoms with Gasteiger partial charge in [-0.3, -0.25) is 4.79 Å². The Labute approximate surface area is 154 Å². The second-order valence-electron chi connectivity index (χ2n) is 9.60. The van der Waals surface area contributed by atoms with E-state index < -0.39 is 46.6 Å². The van der Waals surface area contributed by atoms with Gasteiger partial charge in [-0.25, -0.2) is 0 Å². The average molecular weight is 368 g/mol. The molecule has 148 valence electrons. The van der Waals surface area contributed by atoms with Gasteiger partial charge in [-0.2, -0.15) is 0 Å². The van der Waals surface area contributed by atoms with E-state index in [-0.39, 0.29) is 31.1 Å². The van der Waals surface area contributed by atoms with E-state index >= 15 is 0 Å². The Balaban J connectivity index is 2.09. The van der Waals surface area contributed by atoms with E-state index in [1.54, 1.807) is 20.8 Å². The Bertz CT molecular complexity index is 611. The zero-order valence-corrected chi connectivity index (χ0v) is 15.9. The number of aliphatic hydroxyl groups excluding tert-OH is 4. The van der Waals surface area contributed by atoms with Crippen molar-refractivity contribution in [2.45, 2.75) is 82.9 Å². The highest BCUT2D eigenvalue weighted by atomic mass is 16.3. The van der Waals surface area contributed by atoms with Crippen LogP contribution in [0.15, 0.2) is 12.2 Å². The van der Waals surface area contributed by atoms with Crippen molar-refractivity contribution in [3.63, 3.8) is 0 Å². The third kappa shape index (κ3) is 2.69. The molecule has 8 atom stereocenters. The van der Waals surface area contributed by atoms with Crippen molar-refractivity contribution in [3.05, 3.63) is 12.2 Å². The molecule has 1 spiro atoms. The largest absolute Gasteiger partial charge is 0.392 e. The zero-order valence-electron chi connectivity index (χ0n) is 15.9. The number of aliphatic hydroxyl groups is 5. The Morgan fingerprint density at radius 3 is 2.27 bits per heavy atom. The Hall–Kier alpha value is -0.790. The summed E-state index contributed by atoms with van der Waals surface area (Å²) in [7, 11) is 0. The number of fused-ring (bicyclic) bond motifs is 1. The van der Waals surface area contributed by atoms with Crippen LogP contribution < -0.4 is 0 Å². The first-order chi connectivity index (χ1) is 11.8. The van der Waals surface area contributed by atoms with Crippen LogP contribution in [-0.2, 0) is 4.79 Å². The smallest absolute Gasteiger partial charge is 0.169 e. The number of carbonyl (C=O) groups is 1. The molecular weight excluding hydrogens is 336 g/mol. The maximum Gasteiger partial charge on any atom is 0.169 e. The maximum absolute atomic E-state index is 12.8. The van der Waals surface area contributed by atoms with Gasteiger partial charge in [0, 0.05) is 17.8 Å². The molecule has 3 rings (SSSR count). The molecule has 0 aromatic rings. The van der Waals surface area contributed by atoms with Crippen LogP contribution in [0, 0.1) is 22.7 Å². The fourth-order valence-electron chi connectivity index (χ4n) is 5.90. The number of carbonyl (C=O) groups excluding carboxylic acids is 1. The molecular formula is C20H32O6. The minimum absolute atomic E-state index is 0.00773. The number of Topliss-reactive ketones (excluding diaryl/α,β-unsaturated/α-hetero) is 1. The van der Waals surface area contributed by atoms with Crippen molar-refractivity contribution < 1.29 is 30.3 Å². The highest BCUT2D eigenvalue weighted by molar-refractivity contribution is 5.88. The predicted molar refractivity (Wildman–Crippen MR) is 95.1 cm³/mol. The van der Waals surface area contributed by atoms with Gasteiger partial charge in [0.15, 0.2) is 5.78 Å². The number of rotatable bonds is 0. The Morgan fingerprint density at radius 2 is 1.65 bits per heavy atom. The molecule has 0 aliphatic heterocycles. The lowest BCUT2D eigenvalue weighted by molar-refractivity contribution is -0.149. The molecule has 6 nitrogen and oxygen atoms in total. The minimum atomic E-state index is -1.35. The van der Waals surface area contributed by atoms with Gasteiger partial charge in [-0.1, -0.05) is 20.4 Å². The van der Waals surface area contributed by atoms with E-state index in [4.69, 9.17) is 0 Å². The molecule has 0 aromatic carbocycles. The Kier molecular flexibility index (Phi) is 4.69. The lowest BCUT2D eigenvalue weighted by atomic mass is 9.58. The number of ketones is 1. The minimum Gasteiger partial charge on any atom is -0.392 e. The topological polar surface area (TPSA) is 118 Å². The van der Waals surface area contributed by atoms with Gasteiger partial charge in [0.1, 0.15) is 6.10 Å². The molecule has 0 saturated heterocycles. The summed E-state index contributed by atoms with van der Waals surface area (Å²) in [5.74, 6) is -1.15. The molecule has 3 aliphatic carbocycles. The van der Waals surface area contributed by atoms with Crippen LogP contribution in [0.1, 0.15) is 52.9 Å². The van der Waals surface area contributed by atoms with Crippen LogP contribution in [0.4, 0.5) is 0 Å². The first kappa shape index (κ1) is 20.0. The summed E-state index contributed by atoms with van der Waals surface area (Å²) in [6, 6.07) is 0. The fourth-order valence-corrected chi connectivity index (χ4v) is 5.90. The van der Waals surface area contributed by atoms with Gasteiger partial charge in [0.05, 0.1) is 29.3 Å². The molecule has 0 radical (unpaired) electrons.